The van der Waals surface area contributed by atoms with Gasteiger partial charge < -0.3 is 19.4 Å². The molecule has 0 aromatic carbocycles. The van der Waals surface area contributed by atoms with Crippen molar-refractivity contribution in [2.75, 3.05) is 45.2 Å². The minimum Gasteiger partial charge on any atom is -0.470 e. The quantitative estimate of drug-likeness (QED) is 0.786. The van der Waals surface area contributed by atoms with E-state index in [1.165, 1.54) is 0 Å². The Hall–Kier alpha value is -2.38. The molecule has 27 heavy (non-hydrogen) atoms. The monoisotopic (exact) mass is 375 g/mol. The van der Waals surface area contributed by atoms with Gasteiger partial charge in [-0.15, -0.1) is 0 Å². The lowest BCUT2D eigenvalue weighted by Crippen LogP contribution is -2.49. The van der Waals surface area contributed by atoms with E-state index in [0.717, 1.165) is 32.2 Å². The van der Waals surface area contributed by atoms with Crippen molar-refractivity contribution in [3.8, 4) is 5.88 Å². The smallest absolute Gasteiger partial charge is 0.257 e. The highest BCUT2D eigenvalue weighted by Crippen LogP contribution is 2.26. The molecule has 1 aromatic heterocycles. The molecule has 8 heteroatoms. The van der Waals surface area contributed by atoms with Gasteiger partial charge in [0, 0.05) is 59.0 Å². The zero-order chi connectivity index (χ0) is 19.4. The third kappa shape index (κ3) is 4.67. The van der Waals surface area contributed by atoms with Crippen LogP contribution in [0, 0.1) is 5.92 Å². The lowest BCUT2D eigenvalue weighted by molar-refractivity contribution is -0.142. The lowest BCUT2D eigenvalue weighted by Gasteiger charge is -2.37. The number of likely N-dealkylation sites (tertiary alicyclic amines) is 2. The normalized spacial score (nSPS) is 21.1. The Morgan fingerprint density at radius 3 is 2.44 bits per heavy atom. The Morgan fingerprint density at radius 2 is 1.78 bits per heavy atom. The molecule has 2 aliphatic rings. The van der Waals surface area contributed by atoms with Crippen molar-refractivity contribution in [2.45, 2.75) is 38.7 Å². The van der Waals surface area contributed by atoms with Gasteiger partial charge in [0.1, 0.15) is 6.10 Å². The third-order valence-electron chi connectivity index (χ3n) is 5.33. The number of ether oxygens (including phenoxy) is 1. The molecule has 0 radical (unpaired) electrons. The van der Waals surface area contributed by atoms with E-state index in [-0.39, 0.29) is 23.8 Å². The second kappa shape index (κ2) is 8.54. The molecule has 0 saturated carbocycles. The van der Waals surface area contributed by atoms with E-state index in [4.69, 9.17) is 4.74 Å². The van der Waals surface area contributed by atoms with Crippen molar-refractivity contribution < 1.29 is 14.3 Å². The zero-order valence-corrected chi connectivity index (χ0v) is 16.4. The van der Waals surface area contributed by atoms with Gasteiger partial charge in [0.2, 0.25) is 11.8 Å². The molecule has 2 aliphatic heterocycles. The molecule has 2 fully saturated rings. The topological polar surface area (TPSA) is 78.9 Å². The largest absolute Gasteiger partial charge is 0.470 e. The highest BCUT2D eigenvalue weighted by Gasteiger charge is 2.32. The first kappa shape index (κ1) is 19.4. The molecular weight excluding hydrogens is 346 g/mol. The van der Waals surface area contributed by atoms with Crippen LogP contribution in [-0.4, -0.2) is 78.0 Å². The van der Waals surface area contributed by atoms with Gasteiger partial charge in [-0.3, -0.25) is 9.59 Å². The second-order valence-electron chi connectivity index (χ2n) is 7.53. The predicted octanol–water partition coefficient (Wildman–Crippen LogP) is 1.17. The summed E-state index contributed by atoms with van der Waals surface area (Å²) in [5, 5.41) is 0. The van der Waals surface area contributed by atoms with Crippen molar-refractivity contribution in [3.05, 3.63) is 12.4 Å². The Bertz CT molecular complexity index is 673. The van der Waals surface area contributed by atoms with Crippen LogP contribution in [0.5, 0.6) is 5.88 Å². The number of nitrogens with zero attached hydrogens (tertiary/aromatic N) is 5. The van der Waals surface area contributed by atoms with Crippen LogP contribution in [0.1, 0.15) is 32.6 Å². The average Bonchev–Trinajstić information content (AvgIpc) is 2.68. The molecule has 0 bridgehead atoms. The molecule has 0 N–H and O–H groups in total. The number of hydrogen-bond acceptors (Lipinski definition) is 6. The number of carbonyl (C=O) groups excluding carboxylic acids is 2. The van der Waals surface area contributed by atoms with Crippen molar-refractivity contribution in [2.24, 2.45) is 5.92 Å². The summed E-state index contributed by atoms with van der Waals surface area (Å²) in [5.74, 6) is 1.49. The summed E-state index contributed by atoms with van der Waals surface area (Å²) in [6.45, 7) is 4.28. The molecule has 2 amide bonds. The molecule has 0 spiro atoms. The summed E-state index contributed by atoms with van der Waals surface area (Å²) in [4.78, 5) is 38.7. The second-order valence-corrected chi connectivity index (χ2v) is 7.53. The van der Waals surface area contributed by atoms with E-state index < -0.39 is 0 Å². The van der Waals surface area contributed by atoms with Crippen LogP contribution < -0.4 is 9.64 Å². The number of rotatable bonds is 4. The number of carbonyl (C=O) groups is 2. The minimum absolute atomic E-state index is 0.00760. The first-order valence-electron chi connectivity index (χ1n) is 9.65. The van der Waals surface area contributed by atoms with Crippen molar-refractivity contribution in [3.63, 3.8) is 0 Å². The minimum atomic E-state index is -0.0737. The molecule has 2 saturated heterocycles. The molecule has 3 heterocycles. The summed E-state index contributed by atoms with van der Waals surface area (Å²) in [7, 11) is 3.81. The maximum atomic E-state index is 12.9. The van der Waals surface area contributed by atoms with E-state index in [1.807, 2.05) is 28.8 Å². The highest BCUT2D eigenvalue weighted by atomic mass is 16.5. The molecular formula is C19H29N5O3. The standard InChI is InChI=1S/C19H29N5O3/c1-14(25)23-11-6-15(7-12-23)19(26)24-10-4-5-16(13-24)27-18-17(22(2)3)20-8-9-21-18/h8-9,15-16H,4-7,10-13H2,1-3H3/t16-/m0/s1. The van der Waals surface area contributed by atoms with Crippen LogP contribution in [0.2, 0.25) is 0 Å². The van der Waals surface area contributed by atoms with Crippen LogP contribution in [0.15, 0.2) is 12.4 Å². The molecule has 0 unspecified atom stereocenters. The zero-order valence-electron chi connectivity index (χ0n) is 16.4. The van der Waals surface area contributed by atoms with Crippen molar-refractivity contribution in [1.29, 1.82) is 0 Å². The Balaban J connectivity index is 1.58. The SMILES string of the molecule is CC(=O)N1CCC(C(=O)N2CCC[C@H](Oc3nccnc3N(C)C)C2)CC1. The van der Waals surface area contributed by atoms with Crippen LogP contribution >= 0.6 is 0 Å². The van der Waals surface area contributed by atoms with Crippen molar-refractivity contribution >= 4 is 17.6 Å². The van der Waals surface area contributed by atoms with E-state index in [9.17, 15) is 9.59 Å². The summed E-state index contributed by atoms with van der Waals surface area (Å²) in [5.41, 5.74) is 0. The number of anilines is 1. The summed E-state index contributed by atoms with van der Waals surface area (Å²) >= 11 is 0. The Kier molecular flexibility index (Phi) is 6.13. The fourth-order valence-electron chi connectivity index (χ4n) is 3.80. The first-order valence-corrected chi connectivity index (χ1v) is 9.65. The summed E-state index contributed by atoms with van der Waals surface area (Å²) in [6.07, 6.45) is 6.50. The summed E-state index contributed by atoms with van der Waals surface area (Å²) < 4.78 is 6.10. The molecule has 1 atom stereocenters. The fourth-order valence-corrected chi connectivity index (χ4v) is 3.80. The van der Waals surface area contributed by atoms with Gasteiger partial charge in [0.05, 0.1) is 6.54 Å². The maximum absolute atomic E-state index is 12.9. The number of aromatic nitrogens is 2. The number of amides is 2. The first-order chi connectivity index (χ1) is 13.0. The molecule has 3 rings (SSSR count). The van der Waals surface area contributed by atoms with E-state index in [0.29, 0.717) is 31.3 Å². The predicted molar refractivity (Wildman–Crippen MR) is 102 cm³/mol. The van der Waals surface area contributed by atoms with Gasteiger partial charge in [-0.1, -0.05) is 0 Å². The van der Waals surface area contributed by atoms with Crippen LogP contribution in [0.25, 0.3) is 0 Å². The number of piperidine rings is 2. The van der Waals surface area contributed by atoms with E-state index in [2.05, 4.69) is 9.97 Å². The highest BCUT2D eigenvalue weighted by molar-refractivity contribution is 5.80. The van der Waals surface area contributed by atoms with Gasteiger partial charge >= 0.3 is 0 Å². The third-order valence-corrected chi connectivity index (χ3v) is 5.33. The average molecular weight is 375 g/mol. The van der Waals surface area contributed by atoms with Gasteiger partial charge in [0.25, 0.3) is 5.88 Å². The summed E-state index contributed by atoms with van der Waals surface area (Å²) in [6, 6.07) is 0. The van der Waals surface area contributed by atoms with Gasteiger partial charge in [0.15, 0.2) is 5.82 Å². The lowest BCUT2D eigenvalue weighted by atomic mass is 9.94. The van der Waals surface area contributed by atoms with Crippen LogP contribution in [0.3, 0.4) is 0 Å². The molecule has 1 aromatic rings. The number of hydrogen-bond donors (Lipinski definition) is 0. The van der Waals surface area contributed by atoms with E-state index >= 15 is 0 Å². The van der Waals surface area contributed by atoms with E-state index in [1.54, 1.807) is 19.3 Å². The van der Waals surface area contributed by atoms with Gasteiger partial charge in [-0.05, 0) is 25.7 Å². The maximum Gasteiger partial charge on any atom is 0.257 e. The van der Waals surface area contributed by atoms with Gasteiger partial charge in [-0.25, -0.2) is 9.97 Å². The Morgan fingerprint density at radius 1 is 1.07 bits per heavy atom. The Labute approximate surface area is 160 Å². The fraction of sp³-hybridized carbons (Fsp3) is 0.684. The van der Waals surface area contributed by atoms with Crippen molar-refractivity contribution in [1.82, 2.24) is 19.8 Å². The van der Waals surface area contributed by atoms with Crippen LogP contribution in [0.4, 0.5) is 5.82 Å². The molecule has 148 valence electrons. The van der Waals surface area contributed by atoms with Crippen LogP contribution in [-0.2, 0) is 9.59 Å². The van der Waals surface area contributed by atoms with Gasteiger partial charge in [-0.2, -0.15) is 0 Å². The molecule has 8 nitrogen and oxygen atoms in total. The molecule has 0 aliphatic carbocycles.